The number of aryl methyl sites for hydroxylation is 1. The number of hydrogen-bond donors (Lipinski definition) is 2. The van der Waals surface area contributed by atoms with Gasteiger partial charge in [0.15, 0.2) is 4.34 Å². The number of hydrogen-bond acceptors (Lipinski definition) is 5. The molecular weight excluding hydrogens is 271 g/mol. The van der Waals surface area contributed by atoms with E-state index in [0.717, 1.165) is 15.7 Å². The van der Waals surface area contributed by atoms with Gasteiger partial charge < -0.3 is 5.73 Å². The van der Waals surface area contributed by atoms with Gasteiger partial charge >= 0.3 is 0 Å². The van der Waals surface area contributed by atoms with Crippen LogP contribution in [0.4, 0.5) is 4.39 Å². The van der Waals surface area contributed by atoms with Crippen LogP contribution in [0.1, 0.15) is 17.0 Å². The van der Waals surface area contributed by atoms with Gasteiger partial charge in [0.2, 0.25) is 0 Å². The van der Waals surface area contributed by atoms with Gasteiger partial charge in [0, 0.05) is 11.3 Å². The zero-order valence-corrected chi connectivity index (χ0v) is 11.2. The van der Waals surface area contributed by atoms with E-state index in [1.165, 1.54) is 35.4 Å². The Morgan fingerprint density at radius 3 is 2.94 bits per heavy atom. The molecule has 0 radical (unpaired) electrons. The van der Waals surface area contributed by atoms with Crippen molar-refractivity contribution >= 4 is 29.1 Å². The Balaban J connectivity index is 2.16. The molecule has 94 valence electrons. The Labute approximate surface area is 112 Å². The Bertz CT molecular complexity index is 582. The van der Waals surface area contributed by atoms with Gasteiger partial charge in [0.1, 0.15) is 17.5 Å². The number of nitrogens with zero attached hydrogens (tertiary/aromatic N) is 2. The summed E-state index contributed by atoms with van der Waals surface area (Å²) in [5, 5.41) is 7.44. The molecule has 2 aromatic rings. The summed E-state index contributed by atoms with van der Waals surface area (Å²) < 4.78 is 18.0. The molecule has 2 rings (SSSR count). The lowest BCUT2D eigenvalue weighted by Crippen LogP contribution is -2.13. The quantitative estimate of drug-likeness (QED) is 0.513. The van der Waals surface area contributed by atoms with Crippen LogP contribution < -0.4 is 5.73 Å². The standard InChI is InChI=1S/C11H11FN4S2/c1-6-15-11(18-16-6)17-5-7-2-3-8(12)4-9(7)10(13)14/h2-4H,5H2,1H3,(H3,13,14). The lowest BCUT2D eigenvalue weighted by molar-refractivity contribution is 0.627. The van der Waals surface area contributed by atoms with Crippen molar-refractivity contribution in [3.8, 4) is 0 Å². The highest BCUT2D eigenvalue weighted by Gasteiger charge is 2.09. The normalized spacial score (nSPS) is 10.6. The Kier molecular flexibility index (Phi) is 3.93. The first-order valence-electron chi connectivity index (χ1n) is 5.12. The number of halogens is 1. The summed E-state index contributed by atoms with van der Waals surface area (Å²) >= 11 is 2.83. The summed E-state index contributed by atoms with van der Waals surface area (Å²) in [6.07, 6.45) is 0. The highest BCUT2D eigenvalue weighted by molar-refractivity contribution is 8.00. The van der Waals surface area contributed by atoms with Crippen molar-refractivity contribution in [1.29, 1.82) is 5.41 Å². The summed E-state index contributed by atoms with van der Waals surface area (Å²) in [4.78, 5) is 4.23. The van der Waals surface area contributed by atoms with Gasteiger partial charge in [-0.2, -0.15) is 4.37 Å². The van der Waals surface area contributed by atoms with Crippen LogP contribution in [0.3, 0.4) is 0 Å². The van der Waals surface area contributed by atoms with Crippen LogP contribution in [0.15, 0.2) is 22.5 Å². The van der Waals surface area contributed by atoms with Gasteiger partial charge in [0.25, 0.3) is 0 Å². The molecule has 18 heavy (non-hydrogen) atoms. The molecule has 0 fully saturated rings. The van der Waals surface area contributed by atoms with Crippen molar-refractivity contribution < 1.29 is 4.39 Å². The number of rotatable bonds is 4. The second kappa shape index (κ2) is 5.45. The number of benzene rings is 1. The molecule has 1 heterocycles. The van der Waals surface area contributed by atoms with Crippen molar-refractivity contribution in [2.24, 2.45) is 5.73 Å². The minimum atomic E-state index is -0.388. The smallest absolute Gasteiger partial charge is 0.170 e. The molecule has 0 aliphatic heterocycles. The second-order valence-corrected chi connectivity index (χ2v) is 5.59. The molecule has 0 amide bonds. The molecule has 1 aromatic carbocycles. The number of thioether (sulfide) groups is 1. The fourth-order valence-electron chi connectivity index (χ4n) is 1.40. The van der Waals surface area contributed by atoms with Crippen LogP contribution >= 0.6 is 23.3 Å². The highest BCUT2D eigenvalue weighted by atomic mass is 32.2. The van der Waals surface area contributed by atoms with Gasteiger partial charge in [0.05, 0.1) is 0 Å². The molecule has 0 atom stereocenters. The molecule has 4 nitrogen and oxygen atoms in total. The third-order valence-electron chi connectivity index (χ3n) is 2.22. The molecule has 0 aliphatic carbocycles. The van der Waals surface area contributed by atoms with Gasteiger partial charge in [-0.25, -0.2) is 9.37 Å². The zero-order valence-electron chi connectivity index (χ0n) is 9.61. The van der Waals surface area contributed by atoms with E-state index in [9.17, 15) is 4.39 Å². The number of nitrogen functional groups attached to an aromatic ring is 1. The molecule has 3 N–H and O–H groups in total. The molecule has 0 spiro atoms. The van der Waals surface area contributed by atoms with E-state index in [2.05, 4.69) is 9.36 Å². The summed E-state index contributed by atoms with van der Waals surface area (Å²) in [6.45, 7) is 1.83. The number of nitrogens with one attached hydrogen (secondary N) is 1. The molecule has 0 saturated heterocycles. The summed E-state index contributed by atoms with van der Waals surface area (Å²) in [6, 6.07) is 4.30. The van der Waals surface area contributed by atoms with E-state index in [1.807, 2.05) is 6.92 Å². The average molecular weight is 282 g/mol. The van der Waals surface area contributed by atoms with E-state index in [4.69, 9.17) is 11.1 Å². The van der Waals surface area contributed by atoms with E-state index >= 15 is 0 Å². The maximum Gasteiger partial charge on any atom is 0.170 e. The maximum absolute atomic E-state index is 13.1. The van der Waals surface area contributed by atoms with Crippen molar-refractivity contribution in [2.45, 2.75) is 17.0 Å². The topological polar surface area (TPSA) is 75.7 Å². The summed E-state index contributed by atoms with van der Waals surface area (Å²) in [7, 11) is 0. The first-order chi connectivity index (χ1) is 8.56. The lowest BCUT2D eigenvalue weighted by atomic mass is 10.1. The van der Waals surface area contributed by atoms with Crippen LogP contribution in [0, 0.1) is 18.2 Å². The molecule has 1 aromatic heterocycles. The van der Waals surface area contributed by atoms with Crippen molar-refractivity contribution in [3.05, 3.63) is 41.0 Å². The van der Waals surface area contributed by atoms with E-state index in [1.54, 1.807) is 6.07 Å². The van der Waals surface area contributed by atoms with Crippen LogP contribution in [0.5, 0.6) is 0 Å². The fraction of sp³-hybridized carbons (Fsp3) is 0.182. The molecule has 7 heteroatoms. The van der Waals surface area contributed by atoms with E-state index in [-0.39, 0.29) is 11.7 Å². The van der Waals surface area contributed by atoms with Gasteiger partial charge in [-0.1, -0.05) is 17.8 Å². The number of nitrogens with two attached hydrogens (primary N) is 1. The predicted octanol–water partition coefficient (Wildman–Crippen LogP) is 2.56. The third kappa shape index (κ3) is 3.05. The van der Waals surface area contributed by atoms with E-state index in [0.29, 0.717) is 11.3 Å². The molecule has 0 saturated carbocycles. The Morgan fingerprint density at radius 1 is 1.56 bits per heavy atom. The number of aromatic nitrogens is 2. The zero-order chi connectivity index (χ0) is 13.1. The van der Waals surface area contributed by atoms with Crippen molar-refractivity contribution in [1.82, 2.24) is 9.36 Å². The van der Waals surface area contributed by atoms with Crippen LogP contribution in [-0.4, -0.2) is 15.2 Å². The molecule has 0 aliphatic rings. The summed E-state index contributed by atoms with van der Waals surface area (Å²) in [5.41, 5.74) is 6.69. The van der Waals surface area contributed by atoms with Gasteiger partial charge in [-0.15, -0.1) is 0 Å². The van der Waals surface area contributed by atoms with E-state index < -0.39 is 0 Å². The average Bonchev–Trinajstić information content (AvgIpc) is 2.73. The summed E-state index contributed by atoms with van der Waals surface area (Å²) in [5.74, 6) is 0.816. The Hall–Kier alpha value is -1.47. The van der Waals surface area contributed by atoms with Crippen molar-refractivity contribution in [2.75, 3.05) is 0 Å². The Morgan fingerprint density at radius 2 is 2.33 bits per heavy atom. The molecular formula is C11H11FN4S2. The monoisotopic (exact) mass is 282 g/mol. The number of amidine groups is 1. The second-order valence-electron chi connectivity index (χ2n) is 3.61. The first-order valence-corrected chi connectivity index (χ1v) is 6.88. The molecule has 0 unspecified atom stereocenters. The SMILES string of the molecule is Cc1nsc(SCc2ccc(F)cc2C(=N)N)n1. The largest absolute Gasteiger partial charge is 0.384 e. The van der Waals surface area contributed by atoms with Crippen LogP contribution in [0.2, 0.25) is 0 Å². The van der Waals surface area contributed by atoms with Crippen LogP contribution in [-0.2, 0) is 5.75 Å². The lowest BCUT2D eigenvalue weighted by Gasteiger charge is -2.06. The minimum Gasteiger partial charge on any atom is -0.384 e. The predicted molar refractivity (Wildman–Crippen MR) is 71.6 cm³/mol. The van der Waals surface area contributed by atoms with Crippen molar-refractivity contribution in [3.63, 3.8) is 0 Å². The fourth-order valence-corrected chi connectivity index (χ4v) is 3.05. The van der Waals surface area contributed by atoms with Gasteiger partial charge in [-0.05, 0) is 36.2 Å². The first kappa shape index (κ1) is 13.0. The maximum atomic E-state index is 13.1. The third-order valence-corrected chi connectivity index (χ3v) is 4.20. The van der Waals surface area contributed by atoms with Gasteiger partial charge in [-0.3, -0.25) is 5.41 Å². The highest BCUT2D eigenvalue weighted by Crippen LogP contribution is 2.26. The molecule has 0 bridgehead atoms. The van der Waals surface area contributed by atoms with Crippen LogP contribution in [0.25, 0.3) is 0 Å². The minimum absolute atomic E-state index is 0.126.